The highest BCUT2D eigenvalue weighted by Crippen LogP contribution is 2.13. The van der Waals surface area contributed by atoms with E-state index in [9.17, 15) is 0 Å². The molecule has 0 aliphatic carbocycles. The van der Waals surface area contributed by atoms with Gasteiger partial charge in [0.15, 0.2) is 0 Å². The summed E-state index contributed by atoms with van der Waals surface area (Å²) in [5.41, 5.74) is 13.3. The maximum atomic E-state index is 5.66. The Bertz CT molecular complexity index is 316. The quantitative estimate of drug-likeness (QED) is 0.508. The fourth-order valence-corrected chi connectivity index (χ4v) is 0.844. The van der Waals surface area contributed by atoms with Gasteiger partial charge in [0.1, 0.15) is 0 Å². The molecule has 1 rings (SSSR count). The molecule has 0 bridgehead atoms. The second-order valence-corrected chi connectivity index (χ2v) is 2.35. The van der Waals surface area contributed by atoms with Crippen LogP contribution in [0, 0.1) is 0 Å². The summed E-state index contributed by atoms with van der Waals surface area (Å²) in [5, 5.41) is 0. The van der Waals surface area contributed by atoms with Crippen LogP contribution in [0.2, 0.25) is 0 Å². The van der Waals surface area contributed by atoms with Crippen LogP contribution in [0.1, 0.15) is 5.56 Å². The topological polar surface area (TPSA) is 64.4 Å². The van der Waals surface area contributed by atoms with E-state index in [1.807, 2.05) is 6.07 Å². The summed E-state index contributed by atoms with van der Waals surface area (Å²) in [6.45, 7) is 3.46. The van der Waals surface area contributed by atoms with E-state index in [4.69, 9.17) is 11.5 Å². The maximum absolute atomic E-state index is 5.66. The molecule has 4 N–H and O–H groups in total. The Morgan fingerprint density at radius 1 is 1.33 bits per heavy atom. The van der Waals surface area contributed by atoms with Crippen LogP contribution >= 0.6 is 0 Å². The fourth-order valence-electron chi connectivity index (χ4n) is 0.844. The number of nitrogens with zero attached hydrogens (tertiary/aromatic N) is 1. The minimum absolute atomic E-state index is 0.626. The van der Waals surface area contributed by atoms with Gasteiger partial charge >= 0.3 is 0 Å². The lowest BCUT2D eigenvalue weighted by Gasteiger charge is -1.99. The number of nitrogens with two attached hydrogens (primary N) is 2. The maximum Gasteiger partial charge on any atom is 0.0423 e. The summed E-state index contributed by atoms with van der Waals surface area (Å²) in [7, 11) is 0. The van der Waals surface area contributed by atoms with Crippen molar-refractivity contribution in [1.82, 2.24) is 0 Å². The van der Waals surface area contributed by atoms with Gasteiger partial charge < -0.3 is 11.5 Å². The first-order valence-corrected chi connectivity index (χ1v) is 3.53. The summed E-state index contributed by atoms with van der Waals surface area (Å²) in [4.78, 5) is 3.85. The first kappa shape index (κ1) is 8.33. The smallest absolute Gasteiger partial charge is 0.0423 e. The van der Waals surface area contributed by atoms with E-state index >= 15 is 0 Å². The number of benzene rings is 1. The van der Waals surface area contributed by atoms with E-state index in [0.717, 1.165) is 5.56 Å². The zero-order valence-corrected chi connectivity index (χ0v) is 6.70. The molecule has 62 valence electrons. The van der Waals surface area contributed by atoms with Gasteiger partial charge in [-0.05, 0) is 18.2 Å². The fraction of sp³-hybridized carbons (Fsp3) is 0. The summed E-state index contributed by atoms with van der Waals surface area (Å²) >= 11 is 0. The van der Waals surface area contributed by atoms with Gasteiger partial charge in [-0.2, -0.15) is 0 Å². The van der Waals surface area contributed by atoms with Crippen molar-refractivity contribution in [2.45, 2.75) is 0 Å². The van der Waals surface area contributed by atoms with Crippen LogP contribution in [-0.4, -0.2) is 6.21 Å². The van der Waals surface area contributed by atoms with E-state index in [0.29, 0.717) is 11.4 Å². The van der Waals surface area contributed by atoms with E-state index in [2.05, 4.69) is 11.6 Å². The molecule has 0 aromatic heterocycles. The Morgan fingerprint density at radius 3 is 2.67 bits per heavy atom. The predicted octanol–water partition coefficient (Wildman–Crippen LogP) is 1.41. The third-order valence-electron chi connectivity index (χ3n) is 1.43. The average molecular weight is 161 g/mol. The van der Waals surface area contributed by atoms with Gasteiger partial charge in [-0.25, -0.2) is 0 Å². The zero-order chi connectivity index (χ0) is 8.97. The minimum atomic E-state index is 0.626. The summed E-state index contributed by atoms with van der Waals surface area (Å²) in [6, 6.07) is 5.29. The SMILES string of the molecule is C=C/N=C\c1ccc(N)cc1N. The molecular weight excluding hydrogens is 150 g/mol. The van der Waals surface area contributed by atoms with Crippen LogP contribution in [-0.2, 0) is 0 Å². The first-order valence-electron chi connectivity index (χ1n) is 3.53. The lowest BCUT2D eigenvalue weighted by Crippen LogP contribution is -1.94. The van der Waals surface area contributed by atoms with Crippen LogP contribution < -0.4 is 11.5 Å². The lowest BCUT2D eigenvalue weighted by molar-refractivity contribution is 1.58. The second-order valence-electron chi connectivity index (χ2n) is 2.35. The third-order valence-corrected chi connectivity index (χ3v) is 1.43. The summed E-state index contributed by atoms with van der Waals surface area (Å²) in [6.07, 6.45) is 3.09. The van der Waals surface area contributed by atoms with Gasteiger partial charge in [-0.1, -0.05) is 6.58 Å². The van der Waals surface area contributed by atoms with Gasteiger partial charge in [0.05, 0.1) is 0 Å². The minimum Gasteiger partial charge on any atom is -0.399 e. The molecule has 0 aliphatic rings. The molecule has 0 radical (unpaired) electrons. The van der Waals surface area contributed by atoms with Crippen molar-refractivity contribution in [3.05, 3.63) is 36.5 Å². The van der Waals surface area contributed by atoms with Gasteiger partial charge in [0, 0.05) is 29.4 Å². The molecule has 0 aliphatic heterocycles. The Morgan fingerprint density at radius 2 is 2.08 bits per heavy atom. The average Bonchev–Trinajstić information content (AvgIpc) is 2.03. The first-order chi connectivity index (χ1) is 5.74. The summed E-state index contributed by atoms with van der Waals surface area (Å²) < 4.78 is 0. The molecular formula is C9H11N3. The molecule has 3 heteroatoms. The highest BCUT2D eigenvalue weighted by atomic mass is 14.7. The van der Waals surface area contributed by atoms with Crippen molar-refractivity contribution in [1.29, 1.82) is 0 Å². The van der Waals surface area contributed by atoms with Crippen LogP contribution in [0.15, 0.2) is 36.0 Å². The van der Waals surface area contributed by atoms with E-state index in [1.54, 1.807) is 18.3 Å². The number of aliphatic imine (C=N–C) groups is 1. The molecule has 1 aromatic carbocycles. The van der Waals surface area contributed by atoms with Gasteiger partial charge in [-0.3, -0.25) is 4.99 Å². The Hall–Kier alpha value is -1.77. The van der Waals surface area contributed by atoms with E-state index in [1.165, 1.54) is 6.20 Å². The van der Waals surface area contributed by atoms with Crippen molar-refractivity contribution in [3.8, 4) is 0 Å². The van der Waals surface area contributed by atoms with Crippen LogP contribution in [0.5, 0.6) is 0 Å². The molecule has 0 saturated carbocycles. The molecule has 0 atom stereocenters. The lowest BCUT2D eigenvalue weighted by atomic mass is 10.2. The monoisotopic (exact) mass is 161 g/mol. The van der Waals surface area contributed by atoms with Crippen molar-refractivity contribution in [2.75, 3.05) is 11.5 Å². The standard InChI is InChI=1S/C9H11N3/c1-2-12-6-7-3-4-8(10)5-9(7)11/h2-6H,1,10-11H2/b12-6-. The van der Waals surface area contributed by atoms with Crippen molar-refractivity contribution in [2.24, 2.45) is 4.99 Å². The predicted molar refractivity (Wildman–Crippen MR) is 53.1 cm³/mol. The second kappa shape index (κ2) is 3.57. The molecule has 1 aromatic rings. The molecule has 3 nitrogen and oxygen atoms in total. The number of hydrogen-bond donors (Lipinski definition) is 2. The number of hydrogen-bond acceptors (Lipinski definition) is 3. The van der Waals surface area contributed by atoms with E-state index < -0.39 is 0 Å². The number of nitrogen functional groups attached to an aromatic ring is 2. The Kier molecular flexibility index (Phi) is 2.48. The molecule has 0 amide bonds. The molecule has 12 heavy (non-hydrogen) atoms. The molecule has 0 saturated heterocycles. The molecule has 0 unspecified atom stereocenters. The molecule has 0 spiro atoms. The highest BCUT2D eigenvalue weighted by molar-refractivity contribution is 5.88. The van der Waals surface area contributed by atoms with Gasteiger partial charge in [-0.15, -0.1) is 0 Å². The molecule has 0 fully saturated rings. The summed E-state index contributed by atoms with van der Waals surface area (Å²) in [5.74, 6) is 0. The normalized spacial score (nSPS) is 10.3. The van der Waals surface area contributed by atoms with Crippen LogP contribution in [0.4, 0.5) is 11.4 Å². The highest BCUT2D eigenvalue weighted by Gasteiger charge is 1.94. The number of rotatable bonds is 2. The van der Waals surface area contributed by atoms with Gasteiger partial charge in [0.25, 0.3) is 0 Å². The Balaban J connectivity index is 3.01. The van der Waals surface area contributed by atoms with Crippen molar-refractivity contribution >= 4 is 17.6 Å². The van der Waals surface area contributed by atoms with Crippen LogP contribution in [0.25, 0.3) is 0 Å². The van der Waals surface area contributed by atoms with Crippen LogP contribution in [0.3, 0.4) is 0 Å². The number of anilines is 2. The zero-order valence-electron chi connectivity index (χ0n) is 6.70. The Labute approximate surface area is 71.4 Å². The largest absolute Gasteiger partial charge is 0.399 e. The van der Waals surface area contributed by atoms with Crippen molar-refractivity contribution in [3.63, 3.8) is 0 Å². The van der Waals surface area contributed by atoms with Gasteiger partial charge in [0.2, 0.25) is 0 Å². The van der Waals surface area contributed by atoms with Crippen molar-refractivity contribution < 1.29 is 0 Å². The molecule has 0 heterocycles. The third kappa shape index (κ3) is 1.85. The van der Waals surface area contributed by atoms with E-state index in [-0.39, 0.29) is 0 Å².